The number of nitrogens with one attached hydrogen (secondary N) is 1. The van der Waals surface area contributed by atoms with Crippen LogP contribution in [0.1, 0.15) is 26.2 Å². The lowest BCUT2D eigenvalue weighted by molar-refractivity contribution is -0.115. The van der Waals surface area contributed by atoms with Gasteiger partial charge in [0, 0.05) is 18.8 Å². The van der Waals surface area contributed by atoms with Gasteiger partial charge >= 0.3 is 0 Å². The van der Waals surface area contributed by atoms with E-state index in [4.69, 9.17) is 0 Å². The molecule has 1 aromatic heterocycles. The van der Waals surface area contributed by atoms with Crippen molar-refractivity contribution in [2.24, 2.45) is 0 Å². The lowest BCUT2D eigenvalue weighted by atomic mass is 10.3. The molecule has 0 aliphatic carbocycles. The van der Waals surface area contributed by atoms with Gasteiger partial charge in [-0.3, -0.25) is 4.79 Å². The van der Waals surface area contributed by atoms with Gasteiger partial charge in [-0.15, -0.1) is 0 Å². The summed E-state index contributed by atoms with van der Waals surface area (Å²) in [7, 11) is 0. The molecule has 21 heavy (non-hydrogen) atoms. The van der Waals surface area contributed by atoms with Gasteiger partial charge in [-0.05, 0) is 37.5 Å². The number of fused-ring (bicyclic) bond motifs is 1. The van der Waals surface area contributed by atoms with E-state index in [9.17, 15) is 4.79 Å². The van der Waals surface area contributed by atoms with Crippen molar-refractivity contribution in [2.75, 3.05) is 23.3 Å². The quantitative estimate of drug-likeness (QED) is 0.830. The van der Waals surface area contributed by atoms with Gasteiger partial charge in [-0.25, -0.2) is 4.98 Å². The van der Waals surface area contributed by atoms with Crippen molar-refractivity contribution in [3.63, 3.8) is 0 Å². The molecule has 1 atom stereocenters. The number of hydrogen-bond acceptors (Lipinski definition) is 4. The van der Waals surface area contributed by atoms with Crippen molar-refractivity contribution < 1.29 is 4.79 Å². The minimum absolute atomic E-state index is 0.0312. The van der Waals surface area contributed by atoms with Crippen LogP contribution in [-0.4, -0.2) is 28.8 Å². The lowest BCUT2D eigenvalue weighted by Gasteiger charge is -2.16. The van der Waals surface area contributed by atoms with Crippen LogP contribution >= 0.6 is 27.3 Å². The maximum absolute atomic E-state index is 11.9. The Bertz CT molecular complexity index is 651. The van der Waals surface area contributed by atoms with Crippen molar-refractivity contribution >= 4 is 54.2 Å². The molecule has 112 valence electrons. The molecule has 1 fully saturated rings. The largest absolute Gasteiger partial charge is 0.371 e. The molecule has 0 bridgehead atoms. The fourth-order valence-corrected chi connectivity index (χ4v) is 3.52. The first-order chi connectivity index (χ1) is 10.2. The van der Waals surface area contributed by atoms with Gasteiger partial charge in [0.1, 0.15) is 0 Å². The van der Waals surface area contributed by atoms with E-state index in [1.165, 1.54) is 29.9 Å². The standard InChI is InChI=1S/C15H18BrN3OS/c1-2-11(16)14(20)18-15-17-12-6-5-10(9-13(12)21-15)19-7-3-4-8-19/h5-6,9,11H,2-4,7-8H2,1H3,(H,17,18,20). The molecule has 0 saturated carbocycles. The normalized spacial score (nSPS) is 16.4. The Labute approximate surface area is 136 Å². The van der Waals surface area contributed by atoms with E-state index in [1.807, 2.05) is 13.0 Å². The number of anilines is 2. The molecule has 1 saturated heterocycles. The second-order valence-electron chi connectivity index (χ2n) is 5.23. The Morgan fingerprint density at radius 2 is 2.24 bits per heavy atom. The third kappa shape index (κ3) is 3.21. The summed E-state index contributed by atoms with van der Waals surface area (Å²) in [6.07, 6.45) is 3.30. The first-order valence-corrected chi connectivity index (χ1v) is 9.01. The maximum atomic E-state index is 11.9. The molecular formula is C15H18BrN3OS. The van der Waals surface area contributed by atoms with Crippen LogP contribution < -0.4 is 10.2 Å². The summed E-state index contributed by atoms with van der Waals surface area (Å²) in [5.41, 5.74) is 2.20. The maximum Gasteiger partial charge on any atom is 0.239 e. The predicted octanol–water partition coefficient (Wildman–Crippen LogP) is 4.01. The van der Waals surface area contributed by atoms with Gasteiger partial charge in [0.05, 0.1) is 15.0 Å². The first-order valence-electron chi connectivity index (χ1n) is 7.28. The number of amides is 1. The van der Waals surface area contributed by atoms with Gasteiger partial charge in [0.25, 0.3) is 0 Å². The molecule has 6 heteroatoms. The molecule has 1 unspecified atom stereocenters. The molecule has 2 aromatic rings. The van der Waals surface area contributed by atoms with Crippen molar-refractivity contribution in [3.05, 3.63) is 18.2 Å². The van der Waals surface area contributed by atoms with Crippen LogP contribution in [0.4, 0.5) is 10.8 Å². The zero-order valence-electron chi connectivity index (χ0n) is 11.9. The second kappa shape index (κ2) is 6.32. The molecule has 1 aromatic carbocycles. The monoisotopic (exact) mass is 367 g/mol. The minimum Gasteiger partial charge on any atom is -0.371 e. The van der Waals surface area contributed by atoms with E-state index in [-0.39, 0.29) is 10.7 Å². The SMILES string of the molecule is CCC(Br)C(=O)Nc1nc2ccc(N3CCCC3)cc2s1. The van der Waals surface area contributed by atoms with Crippen LogP contribution in [0.2, 0.25) is 0 Å². The highest BCUT2D eigenvalue weighted by atomic mass is 79.9. The molecular weight excluding hydrogens is 350 g/mol. The summed E-state index contributed by atoms with van der Waals surface area (Å²) in [6, 6.07) is 6.35. The van der Waals surface area contributed by atoms with E-state index in [0.29, 0.717) is 5.13 Å². The van der Waals surface area contributed by atoms with E-state index < -0.39 is 0 Å². The summed E-state index contributed by atoms with van der Waals surface area (Å²) in [5, 5.41) is 3.55. The third-order valence-electron chi connectivity index (χ3n) is 3.72. The van der Waals surface area contributed by atoms with Crippen LogP contribution in [0.25, 0.3) is 10.2 Å². The molecule has 1 N–H and O–H groups in total. The Kier molecular flexibility index (Phi) is 4.45. The van der Waals surface area contributed by atoms with E-state index in [2.05, 4.69) is 43.3 Å². The number of aromatic nitrogens is 1. The third-order valence-corrected chi connectivity index (χ3v) is 5.71. The highest BCUT2D eigenvalue weighted by Gasteiger charge is 2.16. The molecule has 0 spiro atoms. The zero-order chi connectivity index (χ0) is 14.8. The number of halogens is 1. The highest BCUT2D eigenvalue weighted by Crippen LogP contribution is 2.31. The fourth-order valence-electron chi connectivity index (χ4n) is 2.51. The summed E-state index contributed by atoms with van der Waals surface area (Å²) in [4.78, 5) is 18.6. The molecule has 3 rings (SSSR count). The molecule has 1 amide bonds. The van der Waals surface area contributed by atoms with Crippen LogP contribution in [0, 0.1) is 0 Å². The van der Waals surface area contributed by atoms with Crippen molar-refractivity contribution in [1.82, 2.24) is 4.98 Å². The summed E-state index contributed by atoms with van der Waals surface area (Å²) in [6.45, 7) is 4.24. The van der Waals surface area contributed by atoms with E-state index in [0.717, 1.165) is 29.7 Å². The Morgan fingerprint density at radius 3 is 2.95 bits per heavy atom. The summed E-state index contributed by atoms with van der Waals surface area (Å²) in [5.74, 6) is -0.0312. The zero-order valence-corrected chi connectivity index (χ0v) is 14.3. The average Bonchev–Trinajstić information content (AvgIpc) is 3.14. The van der Waals surface area contributed by atoms with E-state index in [1.54, 1.807) is 0 Å². The number of alkyl halides is 1. The Balaban J connectivity index is 1.81. The number of carbonyl (C=O) groups is 1. The number of nitrogens with zero attached hydrogens (tertiary/aromatic N) is 2. The minimum atomic E-state index is -0.162. The Hall–Kier alpha value is -1.14. The Morgan fingerprint density at radius 1 is 1.48 bits per heavy atom. The first kappa shape index (κ1) is 14.8. The molecule has 4 nitrogen and oxygen atoms in total. The van der Waals surface area contributed by atoms with Gasteiger partial charge in [0.2, 0.25) is 5.91 Å². The van der Waals surface area contributed by atoms with Crippen molar-refractivity contribution in [1.29, 1.82) is 0 Å². The summed E-state index contributed by atoms with van der Waals surface area (Å²) < 4.78 is 1.12. The topological polar surface area (TPSA) is 45.2 Å². The number of carbonyl (C=O) groups excluding carboxylic acids is 1. The summed E-state index contributed by atoms with van der Waals surface area (Å²) >= 11 is 4.89. The smallest absolute Gasteiger partial charge is 0.239 e. The van der Waals surface area contributed by atoms with Crippen molar-refractivity contribution in [3.8, 4) is 0 Å². The van der Waals surface area contributed by atoms with Crippen LogP contribution in [0.3, 0.4) is 0 Å². The van der Waals surface area contributed by atoms with E-state index >= 15 is 0 Å². The van der Waals surface area contributed by atoms with Crippen molar-refractivity contribution in [2.45, 2.75) is 31.0 Å². The van der Waals surface area contributed by atoms with Crippen LogP contribution in [0.5, 0.6) is 0 Å². The molecule has 0 radical (unpaired) electrons. The van der Waals surface area contributed by atoms with Gasteiger partial charge in [-0.2, -0.15) is 0 Å². The molecule has 2 heterocycles. The number of hydrogen-bond donors (Lipinski definition) is 1. The highest BCUT2D eigenvalue weighted by molar-refractivity contribution is 9.10. The number of benzene rings is 1. The molecule has 1 aliphatic heterocycles. The average molecular weight is 368 g/mol. The van der Waals surface area contributed by atoms with Crippen LogP contribution in [0.15, 0.2) is 18.2 Å². The fraction of sp³-hybridized carbons (Fsp3) is 0.467. The predicted molar refractivity (Wildman–Crippen MR) is 92.7 cm³/mol. The van der Waals surface area contributed by atoms with Gasteiger partial charge in [0.15, 0.2) is 5.13 Å². The van der Waals surface area contributed by atoms with Crippen LogP contribution in [-0.2, 0) is 4.79 Å². The second-order valence-corrected chi connectivity index (χ2v) is 7.37. The number of thiazole rings is 1. The lowest BCUT2D eigenvalue weighted by Crippen LogP contribution is -2.21. The van der Waals surface area contributed by atoms with Gasteiger partial charge in [-0.1, -0.05) is 34.2 Å². The number of rotatable bonds is 4. The molecule has 1 aliphatic rings. The van der Waals surface area contributed by atoms with Gasteiger partial charge < -0.3 is 10.2 Å².